The van der Waals surface area contributed by atoms with E-state index < -0.39 is 0 Å². The Hall–Kier alpha value is -0.810. The lowest BCUT2D eigenvalue weighted by atomic mass is 9.99. The Bertz CT molecular complexity index is 366. The van der Waals surface area contributed by atoms with Crippen LogP contribution in [-0.4, -0.2) is 59.6 Å². The minimum atomic E-state index is 0.304. The van der Waals surface area contributed by atoms with Crippen molar-refractivity contribution in [1.29, 1.82) is 0 Å². The van der Waals surface area contributed by atoms with Crippen LogP contribution in [0.1, 0.15) is 38.5 Å². The largest absolute Gasteiger partial charge is 0.409 e. The molecule has 0 amide bonds. The molecular weight excluding hydrogens is 240 g/mol. The highest BCUT2D eigenvalue weighted by Crippen LogP contribution is 2.49. The lowest BCUT2D eigenvalue weighted by molar-refractivity contribution is 0.191. The van der Waals surface area contributed by atoms with E-state index in [1.165, 1.54) is 45.2 Å². The fraction of sp³-hybridized carbons (Fsp3) is 0.929. The average molecular weight is 266 g/mol. The molecule has 0 aromatic rings. The highest BCUT2D eigenvalue weighted by atomic mass is 16.4. The fourth-order valence-electron chi connectivity index (χ4n) is 3.98. The van der Waals surface area contributed by atoms with E-state index in [9.17, 15) is 0 Å². The number of fused-ring (bicyclic) bond motifs is 2. The van der Waals surface area contributed by atoms with E-state index in [1.807, 2.05) is 0 Å². The van der Waals surface area contributed by atoms with Crippen LogP contribution in [0.5, 0.6) is 0 Å². The summed E-state index contributed by atoms with van der Waals surface area (Å²) in [6.07, 6.45) is 7.24. The summed E-state index contributed by atoms with van der Waals surface area (Å²) in [6.45, 7) is 3.54. The lowest BCUT2D eigenvalue weighted by Crippen LogP contribution is -2.39. The van der Waals surface area contributed by atoms with Gasteiger partial charge in [-0.1, -0.05) is 5.16 Å². The van der Waals surface area contributed by atoms with Crippen LogP contribution in [-0.2, 0) is 0 Å². The molecular formula is C14H26N4O. The third-order valence-electron chi connectivity index (χ3n) is 5.43. The van der Waals surface area contributed by atoms with Gasteiger partial charge in [-0.3, -0.25) is 4.90 Å². The van der Waals surface area contributed by atoms with Gasteiger partial charge in [0.15, 0.2) is 0 Å². The maximum absolute atomic E-state index is 8.74. The number of oxime groups is 1. The summed E-state index contributed by atoms with van der Waals surface area (Å²) in [7, 11) is 2.29. The van der Waals surface area contributed by atoms with Gasteiger partial charge in [-0.25, -0.2) is 0 Å². The standard InChI is InChI=1S/C14H26N4O/c1-17-11-2-3-12(17)9-18(7-4-11)10-14(5-6-14)8-13(15)16-19/h11-12,19H,2-10H2,1H3,(H2,15,16). The van der Waals surface area contributed by atoms with Crippen molar-refractivity contribution >= 4 is 5.84 Å². The number of rotatable bonds is 4. The van der Waals surface area contributed by atoms with Crippen LogP contribution in [0.3, 0.4) is 0 Å². The Morgan fingerprint density at radius 2 is 2.05 bits per heavy atom. The van der Waals surface area contributed by atoms with Crippen molar-refractivity contribution < 1.29 is 5.21 Å². The average Bonchev–Trinajstić information content (AvgIpc) is 3.05. The predicted molar refractivity (Wildman–Crippen MR) is 75.3 cm³/mol. The highest BCUT2D eigenvalue weighted by molar-refractivity contribution is 5.80. The van der Waals surface area contributed by atoms with Gasteiger partial charge in [0.2, 0.25) is 0 Å². The molecule has 3 aliphatic rings. The summed E-state index contributed by atoms with van der Waals surface area (Å²) in [5.41, 5.74) is 5.99. The van der Waals surface area contributed by atoms with Crippen LogP contribution in [0.4, 0.5) is 0 Å². The second kappa shape index (κ2) is 4.94. The molecule has 3 N–H and O–H groups in total. The summed E-state index contributed by atoms with van der Waals surface area (Å²) in [5.74, 6) is 0.394. The molecule has 2 saturated heterocycles. The number of hydrogen-bond donors (Lipinski definition) is 2. The summed E-state index contributed by atoms with van der Waals surface area (Å²) >= 11 is 0. The van der Waals surface area contributed by atoms with Crippen molar-refractivity contribution in [2.24, 2.45) is 16.3 Å². The van der Waals surface area contributed by atoms with Gasteiger partial charge < -0.3 is 15.8 Å². The molecule has 5 heteroatoms. The van der Waals surface area contributed by atoms with Gasteiger partial charge >= 0.3 is 0 Å². The zero-order valence-electron chi connectivity index (χ0n) is 11.9. The van der Waals surface area contributed by atoms with Crippen LogP contribution in [0.2, 0.25) is 0 Å². The smallest absolute Gasteiger partial charge is 0.139 e. The molecule has 108 valence electrons. The number of likely N-dealkylation sites (tertiary alicyclic amines) is 1. The van der Waals surface area contributed by atoms with Crippen LogP contribution in [0.25, 0.3) is 0 Å². The number of likely N-dealkylation sites (N-methyl/N-ethyl adjacent to an activating group) is 1. The SMILES string of the molecule is CN1C2CCC1CN(CC1(CC(N)=NO)CC1)CC2. The molecule has 0 radical (unpaired) electrons. The predicted octanol–water partition coefficient (Wildman–Crippen LogP) is 1.07. The first kappa shape index (κ1) is 13.2. The molecule has 1 saturated carbocycles. The van der Waals surface area contributed by atoms with E-state index in [1.54, 1.807) is 0 Å². The molecule has 2 aliphatic heterocycles. The van der Waals surface area contributed by atoms with Gasteiger partial charge in [0.25, 0.3) is 0 Å². The Labute approximate surface area is 115 Å². The van der Waals surface area contributed by atoms with Crippen LogP contribution >= 0.6 is 0 Å². The van der Waals surface area contributed by atoms with Gasteiger partial charge in [0.1, 0.15) is 5.84 Å². The fourth-order valence-corrected chi connectivity index (χ4v) is 3.98. The first-order valence-electron chi connectivity index (χ1n) is 7.53. The van der Waals surface area contributed by atoms with Crippen molar-refractivity contribution in [3.8, 4) is 0 Å². The Kier molecular flexibility index (Phi) is 3.43. The van der Waals surface area contributed by atoms with E-state index in [2.05, 4.69) is 22.0 Å². The van der Waals surface area contributed by atoms with Gasteiger partial charge in [-0.2, -0.15) is 0 Å². The summed E-state index contributed by atoms with van der Waals surface area (Å²) in [4.78, 5) is 5.21. The van der Waals surface area contributed by atoms with E-state index in [4.69, 9.17) is 10.9 Å². The molecule has 2 bridgehead atoms. The van der Waals surface area contributed by atoms with Gasteiger partial charge in [0, 0.05) is 31.6 Å². The maximum atomic E-state index is 8.74. The van der Waals surface area contributed by atoms with Gasteiger partial charge in [-0.15, -0.1) is 0 Å². The molecule has 3 rings (SSSR count). The van der Waals surface area contributed by atoms with Crippen molar-refractivity contribution in [3.63, 3.8) is 0 Å². The monoisotopic (exact) mass is 266 g/mol. The van der Waals surface area contributed by atoms with E-state index >= 15 is 0 Å². The van der Waals surface area contributed by atoms with Crippen LogP contribution in [0.15, 0.2) is 5.16 Å². The molecule has 0 aromatic carbocycles. The zero-order valence-corrected chi connectivity index (χ0v) is 11.9. The zero-order chi connectivity index (χ0) is 13.5. The second-order valence-corrected chi connectivity index (χ2v) is 6.84. The number of hydrogen-bond acceptors (Lipinski definition) is 4. The molecule has 0 aromatic heterocycles. The molecule has 19 heavy (non-hydrogen) atoms. The Balaban J connectivity index is 1.59. The number of amidine groups is 1. The number of nitrogens with zero attached hydrogens (tertiary/aromatic N) is 3. The van der Waals surface area contributed by atoms with Crippen molar-refractivity contribution in [1.82, 2.24) is 9.80 Å². The lowest BCUT2D eigenvalue weighted by Gasteiger charge is -2.29. The van der Waals surface area contributed by atoms with E-state index in [-0.39, 0.29) is 0 Å². The normalized spacial score (nSPS) is 35.3. The molecule has 2 heterocycles. The van der Waals surface area contributed by atoms with Crippen molar-refractivity contribution in [2.75, 3.05) is 26.7 Å². The van der Waals surface area contributed by atoms with Gasteiger partial charge in [-0.05, 0) is 51.1 Å². The third kappa shape index (κ3) is 2.72. The summed E-state index contributed by atoms with van der Waals surface area (Å²) in [6, 6.07) is 1.54. The molecule has 2 unspecified atom stereocenters. The van der Waals surface area contributed by atoms with E-state index in [0.717, 1.165) is 25.0 Å². The van der Waals surface area contributed by atoms with Crippen molar-refractivity contribution in [3.05, 3.63) is 0 Å². The molecule has 0 spiro atoms. The maximum Gasteiger partial charge on any atom is 0.139 e. The first-order valence-corrected chi connectivity index (χ1v) is 7.53. The molecule has 5 nitrogen and oxygen atoms in total. The first-order chi connectivity index (χ1) is 9.12. The second-order valence-electron chi connectivity index (χ2n) is 6.84. The van der Waals surface area contributed by atoms with E-state index in [0.29, 0.717) is 11.3 Å². The summed E-state index contributed by atoms with van der Waals surface area (Å²) in [5, 5.41) is 11.9. The minimum Gasteiger partial charge on any atom is -0.409 e. The minimum absolute atomic E-state index is 0.304. The van der Waals surface area contributed by atoms with Crippen LogP contribution in [0, 0.1) is 5.41 Å². The van der Waals surface area contributed by atoms with Gasteiger partial charge in [0.05, 0.1) is 0 Å². The topological polar surface area (TPSA) is 65.1 Å². The third-order valence-corrected chi connectivity index (χ3v) is 5.43. The highest BCUT2D eigenvalue weighted by Gasteiger charge is 2.46. The molecule has 3 fully saturated rings. The summed E-state index contributed by atoms with van der Waals surface area (Å²) < 4.78 is 0. The Morgan fingerprint density at radius 3 is 2.74 bits per heavy atom. The molecule has 1 aliphatic carbocycles. The van der Waals surface area contributed by atoms with Crippen LogP contribution < -0.4 is 5.73 Å². The van der Waals surface area contributed by atoms with Crippen molar-refractivity contribution in [2.45, 2.75) is 50.6 Å². The number of nitrogens with two attached hydrogens (primary N) is 1. The molecule has 2 atom stereocenters. The quantitative estimate of drug-likeness (QED) is 0.346. The Morgan fingerprint density at radius 1 is 1.32 bits per heavy atom.